The van der Waals surface area contributed by atoms with Gasteiger partial charge in [0.05, 0.1) is 5.69 Å². The Bertz CT molecular complexity index is 1120. The summed E-state index contributed by atoms with van der Waals surface area (Å²) in [5.74, 6) is 0.869. The van der Waals surface area contributed by atoms with Crippen molar-refractivity contribution in [2.75, 3.05) is 57.8 Å². The van der Waals surface area contributed by atoms with Gasteiger partial charge in [-0.15, -0.1) is 0 Å². The molecule has 0 saturated carbocycles. The van der Waals surface area contributed by atoms with Crippen molar-refractivity contribution < 1.29 is 14.3 Å². The van der Waals surface area contributed by atoms with Crippen LogP contribution in [0.5, 0.6) is 6.01 Å². The molecule has 37 heavy (non-hydrogen) atoms. The second kappa shape index (κ2) is 11.8. The van der Waals surface area contributed by atoms with Crippen LogP contribution >= 0.6 is 0 Å². The van der Waals surface area contributed by atoms with Crippen molar-refractivity contribution in [3.8, 4) is 6.01 Å². The topological polar surface area (TPSA) is 87.4 Å². The highest BCUT2D eigenvalue weighted by Crippen LogP contribution is 2.29. The molecule has 2 atom stereocenters. The number of anilines is 1. The molecule has 3 aliphatic heterocycles. The van der Waals surface area contributed by atoms with E-state index in [-0.39, 0.29) is 25.3 Å². The SMILES string of the molecule is [C-]#[N+]C[C@H]1CN(c2nc(OC[C@H]3CCCN3C)nc3c2CCNC3)CCN1C(=O)OCc1ccccc1. The third kappa shape index (κ3) is 5.95. The predicted octanol–water partition coefficient (Wildman–Crippen LogP) is 2.34. The summed E-state index contributed by atoms with van der Waals surface area (Å²) in [6.45, 7) is 12.7. The lowest BCUT2D eigenvalue weighted by Gasteiger charge is -2.40. The average Bonchev–Trinajstić information content (AvgIpc) is 3.35. The number of ether oxygens (including phenoxy) is 2. The largest absolute Gasteiger partial charge is 0.462 e. The van der Waals surface area contributed by atoms with E-state index in [9.17, 15) is 4.79 Å². The summed E-state index contributed by atoms with van der Waals surface area (Å²) in [7, 11) is 2.13. The molecule has 1 aromatic heterocycles. The minimum Gasteiger partial charge on any atom is -0.462 e. The van der Waals surface area contributed by atoms with Crippen molar-refractivity contribution in [1.29, 1.82) is 0 Å². The number of nitrogens with zero attached hydrogens (tertiary/aromatic N) is 6. The lowest BCUT2D eigenvalue weighted by atomic mass is 10.1. The van der Waals surface area contributed by atoms with Crippen LogP contribution in [0.4, 0.5) is 10.6 Å². The number of carbonyl (C=O) groups is 1. The summed E-state index contributed by atoms with van der Waals surface area (Å²) >= 11 is 0. The molecule has 1 amide bonds. The molecule has 10 heteroatoms. The third-order valence-electron chi connectivity index (χ3n) is 7.49. The quantitative estimate of drug-likeness (QED) is 0.574. The Kier molecular flexibility index (Phi) is 8.02. The average molecular weight is 506 g/mol. The molecule has 4 heterocycles. The van der Waals surface area contributed by atoms with Crippen molar-refractivity contribution in [2.24, 2.45) is 0 Å². The number of likely N-dealkylation sites (N-methyl/N-ethyl adjacent to an activating group) is 1. The highest BCUT2D eigenvalue weighted by Gasteiger charge is 2.36. The normalized spacial score (nSPS) is 21.8. The van der Waals surface area contributed by atoms with Crippen molar-refractivity contribution >= 4 is 11.9 Å². The van der Waals surface area contributed by atoms with Crippen LogP contribution in [0.2, 0.25) is 0 Å². The van der Waals surface area contributed by atoms with E-state index in [0.717, 1.165) is 48.6 Å². The maximum Gasteiger partial charge on any atom is 0.410 e. The van der Waals surface area contributed by atoms with Crippen LogP contribution in [0.15, 0.2) is 30.3 Å². The van der Waals surface area contributed by atoms with Gasteiger partial charge in [-0.1, -0.05) is 30.3 Å². The Hall–Kier alpha value is -3.42. The molecule has 1 aromatic carbocycles. The molecular formula is C27H35N7O3. The van der Waals surface area contributed by atoms with Crippen LogP contribution in [-0.2, 0) is 24.3 Å². The van der Waals surface area contributed by atoms with Crippen molar-refractivity contribution in [3.05, 3.63) is 58.6 Å². The van der Waals surface area contributed by atoms with Gasteiger partial charge in [0, 0.05) is 37.8 Å². The minimum absolute atomic E-state index is 0.211. The van der Waals surface area contributed by atoms with Crippen molar-refractivity contribution in [3.63, 3.8) is 0 Å². The summed E-state index contributed by atoms with van der Waals surface area (Å²) in [5, 5.41) is 3.40. The molecule has 2 aromatic rings. The Balaban J connectivity index is 1.30. The van der Waals surface area contributed by atoms with E-state index in [2.05, 4.69) is 27.0 Å². The lowest BCUT2D eigenvalue weighted by molar-refractivity contribution is 0.0788. The third-order valence-corrected chi connectivity index (χ3v) is 7.49. The highest BCUT2D eigenvalue weighted by atomic mass is 16.6. The van der Waals surface area contributed by atoms with E-state index in [4.69, 9.17) is 26.0 Å². The number of fused-ring (bicyclic) bond motifs is 1. The molecule has 0 bridgehead atoms. The number of likely N-dealkylation sites (tertiary alicyclic amines) is 1. The number of piperazine rings is 1. The molecule has 0 aliphatic carbocycles. The zero-order chi connectivity index (χ0) is 25.6. The molecule has 3 aliphatic rings. The summed E-state index contributed by atoms with van der Waals surface area (Å²) in [6, 6.07) is 10.1. The van der Waals surface area contributed by atoms with E-state index in [0.29, 0.717) is 44.8 Å². The first-order chi connectivity index (χ1) is 18.1. The predicted molar refractivity (Wildman–Crippen MR) is 139 cm³/mol. The molecule has 196 valence electrons. The molecule has 10 nitrogen and oxygen atoms in total. The minimum atomic E-state index is -0.379. The highest BCUT2D eigenvalue weighted by molar-refractivity contribution is 5.69. The number of hydrogen-bond donors (Lipinski definition) is 1. The molecule has 5 rings (SSSR count). The monoisotopic (exact) mass is 505 g/mol. The number of carbonyl (C=O) groups excluding carboxylic acids is 1. The van der Waals surface area contributed by atoms with Gasteiger partial charge < -0.3 is 29.4 Å². The molecule has 1 N–H and O–H groups in total. The van der Waals surface area contributed by atoms with Crippen LogP contribution in [0.25, 0.3) is 4.85 Å². The van der Waals surface area contributed by atoms with E-state index >= 15 is 0 Å². The first kappa shape index (κ1) is 25.2. The lowest BCUT2D eigenvalue weighted by Crippen LogP contribution is -2.57. The van der Waals surface area contributed by atoms with Gasteiger partial charge in [-0.3, -0.25) is 4.90 Å². The maximum absolute atomic E-state index is 12.9. The summed E-state index contributed by atoms with van der Waals surface area (Å²) in [4.78, 5) is 32.4. The molecule has 0 unspecified atom stereocenters. The van der Waals surface area contributed by atoms with Gasteiger partial charge in [0.25, 0.3) is 0 Å². The summed E-state index contributed by atoms with van der Waals surface area (Å²) in [5.41, 5.74) is 3.04. The number of hydrogen-bond acceptors (Lipinski definition) is 8. The number of amides is 1. The summed E-state index contributed by atoms with van der Waals surface area (Å²) < 4.78 is 11.7. The molecule has 2 saturated heterocycles. The van der Waals surface area contributed by atoms with E-state index in [1.807, 2.05) is 30.3 Å². The van der Waals surface area contributed by atoms with Crippen LogP contribution in [0, 0.1) is 6.57 Å². The number of aromatic nitrogens is 2. The second-order valence-electron chi connectivity index (χ2n) is 9.94. The first-order valence-corrected chi connectivity index (χ1v) is 13.1. The van der Waals surface area contributed by atoms with E-state index < -0.39 is 0 Å². The van der Waals surface area contributed by atoms with E-state index in [1.165, 1.54) is 6.42 Å². The maximum atomic E-state index is 12.9. The van der Waals surface area contributed by atoms with Gasteiger partial charge in [-0.05, 0) is 45.0 Å². The zero-order valence-corrected chi connectivity index (χ0v) is 21.4. The molecule has 0 spiro atoms. The van der Waals surface area contributed by atoms with Crippen molar-refractivity contribution in [2.45, 2.75) is 44.5 Å². The van der Waals surface area contributed by atoms with Gasteiger partial charge in [-0.2, -0.15) is 9.97 Å². The van der Waals surface area contributed by atoms with Crippen LogP contribution in [0.1, 0.15) is 29.7 Å². The Morgan fingerprint density at radius 1 is 1.19 bits per heavy atom. The number of rotatable bonds is 7. The van der Waals surface area contributed by atoms with Gasteiger partial charge in [0.15, 0.2) is 0 Å². The molecule has 0 radical (unpaired) electrons. The fourth-order valence-corrected chi connectivity index (χ4v) is 5.36. The van der Waals surface area contributed by atoms with E-state index in [1.54, 1.807) is 4.90 Å². The van der Waals surface area contributed by atoms with Crippen LogP contribution in [0.3, 0.4) is 0 Å². The van der Waals surface area contributed by atoms with Gasteiger partial charge in [-0.25, -0.2) is 11.4 Å². The Morgan fingerprint density at radius 2 is 2.05 bits per heavy atom. The number of nitrogens with one attached hydrogen (secondary N) is 1. The Morgan fingerprint density at radius 3 is 2.84 bits per heavy atom. The van der Waals surface area contributed by atoms with Gasteiger partial charge >= 0.3 is 12.1 Å². The Labute approximate surface area is 218 Å². The fourth-order valence-electron chi connectivity index (χ4n) is 5.36. The van der Waals surface area contributed by atoms with Crippen LogP contribution < -0.4 is 15.0 Å². The first-order valence-electron chi connectivity index (χ1n) is 13.1. The number of benzene rings is 1. The summed E-state index contributed by atoms with van der Waals surface area (Å²) in [6.07, 6.45) is 2.76. The van der Waals surface area contributed by atoms with Crippen molar-refractivity contribution in [1.82, 2.24) is 25.1 Å². The zero-order valence-electron chi connectivity index (χ0n) is 21.4. The standard InChI is InChI=1S/C27H35N7O3/c1-28-15-22-17-33(13-14-34(22)27(35)37-18-20-7-4-3-5-8-20)25-23-10-11-29-16-24(23)30-26(31-25)36-19-21-9-6-12-32(21)2/h3-5,7-8,21-22,29H,6,9-19H2,2H3/t21-,22+/m1/s1. The molecule has 2 fully saturated rings. The molecular weight excluding hydrogens is 470 g/mol. The fraction of sp³-hybridized carbons (Fsp3) is 0.556. The van der Waals surface area contributed by atoms with Gasteiger partial charge in [0.1, 0.15) is 25.1 Å². The van der Waals surface area contributed by atoms with Crippen LogP contribution in [-0.4, -0.2) is 90.9 Å². The van der Waals surface area contributed by atoms with Gasteiger partial charge in [0.2, 0.25) is 6.54 Å². The smallest absolute Gasteiger partial charge is 0.410 e. The second-order valence-corrected chi connectivity index (χ2v) is 9.94.